The van der Waals surface area contributed by atoms with E-state index in [0.29, 0.717) is 17.2 Å². The van der Waals surface area contributed by atoms with Crippen molar-refractivity contribution in [2.45, 2.75) is 13.5 Å². The molecule has 0 spiro atoms. The number of esters is 1. The minimum absolute atomic E-state index is 0.0356. The fourth-order valence-electron chi connectivity index (χ4n) is 3.27. The Balaban J connectivity index is 1.45. The van der Waals surface area contributed by atoms with Gasteiger partial charge >= 0.3 is 5.97 Å². The van der Waals surface area contributed by atoms with Crippen molar-refractivity contribution in [1.82, 2.24) is 4.98 Å². The first-order chi connectivity index (χ1) is 15.6. The summed E-state index contributed by atoms with van der Waals surface area (Å²) in [5.74, 6) is 0.986. The first-order valence-electron chi connectivity index (χ1n) is 10.0. The van der Waals surface area contributed by atoms with Crippen LogP contribution in [0.25, 0.3) is 10.9 Å². The van der Waals surface area contributed by atoms with Crippen molar-refractivity contribution in [2.24, 2.45) is 0 Å². The lowest BCUT2D eigenvalue weighted by molar-refractivity contribution is 0.0728. The monoisotopic (exact) mass is 424 g/mol. The molecule has 0 aliphatic heterocycles. The molecule has 0 amide bonds. The summed E-state index contributed by atoms with van der Waals surface area (Å²) in [4.78, 5) is 16.9. The van der Waals surface area contributed by atoms with Gasteiger partial charge in [0, 0.05) is 17.0 Å². The molecule has 0 saturated heterocycles. The van der Waals surface area contributed by atoms with E-state index in [1.807, 2.05) is 61.5 Å². The summed E-state index contributed by atoms with van der Waals surface area (Å²) in [5, 5.41) is 9.75. The van der Waals surface area contributed by atoms with Crippen molar-refractivity contribution in [1.29, 1.82) is 5.26 Å². The normalized spacial score (nSPS) is 10.4. The average Bonchev–Trinajstić information content (AvgIpc) is 2.82. The number of hydrogen-bond acceptors (Lipinski definition) is 6. The van der Waals surface area contributed by atoms with Gasteiger partial charge in [0.05, 0.1) is 5.52 Å². The number of aryl methyl sites for hydroxylation is 1. The molecule has 0 N–H and O–H groups in total. The molecular formula is C26H20N2O4. The lowest BCUT2D eigenvalue weighted by Crippen LogP contribution is -2.10. The van der Waals surface area contributed by atoms with Crippen LogP contribution in [0.4, 0.5) is 0 Å². The molecule has 0 aliphatic carbocycles. The maximum Gasteiger partial charge on any atom is 0.362 e. The standard InChI is InChI=1S/C26H20N2O4/c1-18-6-4-8-20(25(18)30-15-14-27)17-31-21-9-5-10-22(16-21)32-26(29)24-13-12-19-7-2-3-11-23(19)28-24/h2-13,16H,15,17H2,1H3. The smallest absolute Gasteiger partial charge is 0.362 e. The number of nitriles is 1. The number of carbonyl (C=O) groups is 1. The van der Waals surface area contributed by atoms with Crippen LogP contribution in [-0.4, -0.2) is 17.6 Å². The topological polar surface area (TPSA) is 81.4 Å². The molecular weight excluding hydrogens is 404 g/mol. The van der Waals surface area contributed by atoms with Crippen LogP contribution in [0.5, 0.6) is 17.2 Å². The molecule has 0 radical (unpaired) electrons. The Morgan fingerprint density at radius 1 is 0.938 bits per heavy atom. The number of rotatable bonds is 7. The van der Waals surface area contributed by atoms with Gasteiger partial charge in [0.1, 0.15) is 35.6 Å². The second kappa shape index (κ2) is 9.63. The van der Waals surface area contributed by atoms with Crippen molar-refractivity contribution in [3.63, 3.8) is 0 Å². The largest absolute Gasteiger partial charge is 0.489 e. The minimum Gasteiger partial charge on any atom is -0.489 e. The Labute approximate surface area is 185 Å². The SMILES string of the molecule is Cc1cccc(COc2cccc(OC(=O)c3ccc4ccccc4n3)c2)c1OCC#N. The zero-order chi connectivity index (χ0) is 22.3. The van der Waals surface area contributed by atoms with Gasteiger partial charge in [-0.2, -0.15) is 5.26 Å². The zero-order valence-electron chi connectivity index (χ0n) is 17.4. The van der Waals surface area contributed by atoms with Crippen molar-refractivity contribution >= 4 is 16.9 Å². The van der Waals surface area contributed by atoms with E-state index < -0.39 is 5.97 Å². The van der Waals surface area contributed by atoms with Crippen LogP contribution >= 0.6 is 0 Å². The van der Waals surface area contributed by atoms with Gasteiger partial charge < -0.3 is 14.2 Å². The van der Waals surface area contributed by atoms with E-state index in [4.69, 9.17) is 19.5 Å². The maximum absolute atomic E-state index is 12.6. The number of benzene rings is 3. The van der Waals surface area contributed by atoms with Gasteiger partial charge in [-0.1, -0.05) is 48.5 Å². The Hall–Kier alpha value is -4.37. The summed E-state index contributed by atoms with van der Waals surface area (Å²) in [6.45, 7) is 2.12. The molecule has 6 nitrogen and oxygen atoms in total. The third-order valence-corrected chi connectivity index (χ3v) is 4.79. The highest BCUT2D eigenvalue weighted by atomic mass is 16.5. The summed E-state index contributed by atoms with van der Waals surface area (Å²) in [6, 6.07) is 25.6. The van der Waals surface area contributed by atoms with Gasteiger partial charge in [-0.25, -0.2) is 9.78 Å². The van der Waals surface area contributed by atoms with E-state index in [2.05, 4.69) is 4.98 Å². The lowest BCUT2D eigenvalue weighted by atomic mass is 10.1. The summed E-state index contributed by atoms with van der Waals surface area (Å²) in [6.07, 6.45) is 0. The Morgan fingerprint density at radius 3 is 2.62 bits per heavy atom. The highest BCUT2D eigenvalue weighted by Crippen LogP contribution is 2.26. The molecule has 6 heteroatoms. The molecule has 4 aromatic rings. The third kappa shape index (κ3) is 4.85. The fraction of sp³-hybridized carbons (Fsp3) is 0.115. The number of nitrogens with zero attached hydrogens (tertiary/aromatic N) is 2. The molecule has 0 saturated carbocycles. The van der Waals surface area contributed by atoms with Crippen molar-refractivity contribution in [3.8, 4) is 23.3 Å². The van der Waals surface area contributed by atoms with Gasteiger partial charge in [0.25, 0.3) is 0 Å². The van der Waals surface area contributed by atoms with Gasteiger partial charge in [0.15, 0.2) is 6.61 Å². The zero-order valence-corrected chi connectivity index (χ0v) is 17.4. The van der Waals surface area contributed by atoms with E-state index in [1.54, 1.807) is 30.3 Å². The molecule has 32 heavy (non-hydrogen) atoms. The van der Waals surface area contributed by atoms with Gasteiger partial charge in [0.2, 0.25) is 0 Å². The number of fused-ring (bicyclic) bond motifs is 1. The summed E-state index contributed by atoms with van der Waals surface area (Å²) in [5.41, 5.74) is 2.70. The summed E-state index contributed by atoms with van der Waals surface area (Å²) >= 11 is 0. The van der Waals surface area contributed by atoms with Gasteiger partial charge in [-0.05, 0) is 36.8 Å². The number of aromatic nitrogens is 1. The summed E-state index contributed by atoms with van der Waals surface area (Å²) in [7, 11) is 0. The Morgan fingerprint density at radius 2 is 1.75 bits per heavy atom. The molecule has 0 atom stereocenters. The van der Waals surface area contributed by atoms with E-state index in [1.165, 1.54) is 0 Å². The highest BCUT2D eigenvalue weighted by molar-refractivity contribution is 5.92. The van der Waals surface area contributed by atoms with E-state index in [0.717, 1.165) is 22.0 Å². The Bertz CT molecular complexity index is 1310. The number of hydrogen-bond donors (Lipinski definition) is 0. The van der Waals surface area contributed by atoms with Crippen molar-refractivity contribution < 1.29 is 19.0 Å². The van der Waals surface area contributed by atoms with Crippen LogP contribution in [0, 0.1) is 18.3 Å². The number of ether oxygens (including phenoxy) is 3. The van der Waals surface area contributed by atoms with Crippen LogP contribution in [0.2, 0.25) is 0 Å². The maximum atomic E-state index is 12.6. The molecule has 0 unspecified atom stereocenters. The number of carbonyl (C=O) groups excluding carboxylic acids is 1. The molecule has 3 aromatic carbocycles. The molecule has 4 rings (SSSR count). The molecule has 1 heterocycles. The lowest BCUT2D eigenvalue weighted by Gasteiger charge is -2.13. The molecule has 0 fully saturated rings. The predicted molar refractivity (Wildman–Crippen MR) is 120 cm³/mol. The number of para-hydroxylation sites is 2. The quantitative estimate of drug-likeness (QED) is 0.298. The van der Waals surface area contributed by atoms with E-state index in [9.17, 15) is 4.79 Å². The second-order valence-electron chi connectivity index (χ2n) is 7.05. The Kier molecular flexibility index (Phi) is 6.28. The fourth-order valence-corrected chi connectivity index (χ4v) is 3.27. The van der Waals surface area contributed by atoms with Crippen molar-refractivity contribution in [3.05, 3.63) is 95.7 Å². The third-order valence-electron chi connectivity index (χ3n) is 4.79. The van der Waals surface area contributed by atoms with Crippen LogP contribution in [0.15, 0.2) is 78.9 Å². The van der Waals surface area contributed by atoms with Crippen LogP contribution < -0.4 is 14.2 Å². The molecule has 158 valence electrons. The summed E-state index contributed by atoms with van der Waals surface area (Å²) < 4.78 is 16.9. The molecule has 0 bridgehead atoms. The van der Waals surface area contributed by atoms with E-state index in [-0.39, 0.29) is 18.9 Å². The first kappa shape index (κ1) is 20.9. The van der Waals surface area contributed by atoms with Crippen LogP contribution in [0.1, 0.15) is 21.6 Å². The van der Waals surface area contributed by atoms with E-state index >= 15 is 0 Å². The minimum atomic E-state index is -0.543. The van der Waals surface area contributed by atoms with Gasteiger partial charge in [-0.3, -0.25) is 0 Å². The van der Waals surface area contributed by atoms with Crippen molar-refractivity contribution in [2.75, 3.05) is 6.61 Å². The highest BCUT2D eigenvalue weighted by Gasteiger charge is 2.12. The molecule has 0 aliphatic rings. The van der Waals surface area contributed by atoms with Crippen LogP contribution in [0.3, 0.4) is 0 Å². The average molecular weight is 424 g/mol. The second-order valence-corrected chi connectivity index (χ2v) is 7.05. The first-order valence-corrected chi connectivity index (χ1v) is 10.0. The number of pyridine rings is 1. The van der Waals surface area contributed by atoms with Crippen LogP contribution in [-0.2, 0) is 6.61 Å². The molecule has 1 aromatic heterocycles. The predicted octanol–water partition coefficient (Wildman–Crippen LogP) is 5.24. The van der Waals surface area contributed by atoms with Gasteiger partial charge in [-0.15, -0.1) is 0 Å².